The molecule has 0 saturated carbocycles. The first-order valence-electron chi connectivity index (χ1n) is 10.4. The van der Waals surface area contributed by atoms with Gasteiger partial charge in [0.2, 0.25) is 5.91 Å². The predicted molar refractivity (Wildman–Crippen MR) is 131 cm³/mol. The van der Waals surface area contributed by atoms with Crippen molar-refractivity contribution in [3.63, 3.8) is 0 Å². The second-order valence-corrected chi connectivity index (χ2v) is 10.9. The number of thiophene rings is 2. The van der Waals surface area contributed by atoms with Crippen molar-refractivity contribution in [2.45, 2.75) is 38.5 Å². The van der Waals surface area contributed by atoms with E-state index in [-0.39, 0.29) is 17.2 Å². The van der Waals surface area contributed by atoms with Gasteiger partial charge in [-0.25, -0.2) is 4.98 Å². The van der Waals surface area contributed by atoms with Crippen molar-refractivity contribution < 1.29 is 4.79 Å². The van der Waals surface area contributed by atoms with E-state index in [9.17, 15) is 9.59 Å². The number of pyridine rings is 1. The fraction of sp³-hybridized carbons (Fsp3) is 0.304. The van der Waals surface area contributed by atoms with Gasteiger partial charge in [-0.15, -0.1) is 22.7 Å². The molecule has 0 radical (unpaired) electrons. The summed E-state index contributed by atoms with van der Waals surface area (Å²) in [6.07, 6.45) is 2.63. The number of aromatic nitrogens is 3. The van der Waals surface area contributed by atoms with Gasteiger partial charge in [0.1, 0.15) is 4.83 Å². The molecule has 164 valence electrons. The maximum Gasteiger partial charge on any atom is 0.263 e. The van der Waals surface area contributed by atoms with E-state index in [2.05, 4.69) is 16.4 Å². The van der Waals surface area contributed by atoms with Gasteiger partial charge in [0.25, 0.3) is 5.56 Å². The van der Waals surface area contributed by atoms with Gasteiger partial charge in [0, 0.05) is 29.0 Å². The number of rotatable bonds is 5. The van der Waals surface area contributed by atoms with Crippen molar-refractivity contribution in [2.75, 3.05) is 12.3 Å². The molecule has 0 spiro atoms. The lowest BCUT2D eigenvalue weighted by Crippen LogP contribution is -2.36. The molecule has 0 fully saturated rings. The first-order chi connectivity index (χ1) is 15.5. The summed E-state index contributed by atoms with van der Waals surface area (Å²) >= 11 is 4.63. The van der Waals surface area contributed by atoms with Gasteiger partial charge >= 0.3 is 0 Å². The van der Waals surface area contributed by atoms with Gasteiger partial charge in [-0.2, -0.15) is 0 Å². The van der Waals surface area contributed by atoms with Crippen LogP contribution in [0.1, 0.15) is 26.6 Å². The van der Waals surface area contributed by atoms with Crippen LogP contribution in [0, 0.1) is 13.8 Å². The average Bonchev–Trinajstić information content (AvgIpc) is 3.38. The molecule has 9 heteroatoms. The lowest BCUT2D eigenvalue weighted by Gasteiger charge is -2.27. The molecule has 6 nitrogen and oxygen atoms in total. The summed E-state index contributed by atoms with van der Waals surface area (Å²) in [6, 6.07) is 7.76. The molecule has 0 aromatic carbocycles. The fourth-order valence-electron chi connectivity index (χ4n) is 3.89. The third-order valence-corrected chi connectivity index (χ3v) is 8.87. The monoisotopic (exact) mass is 482 g/mol. The first-order valence-corrected chi connectivity index (χ1v) is 13.1. The maximum absolute atomic E-state index is 13.4. The standard InChI is InChI=1S/C23H22N4O2S3/c1-14-15(2)32-21-20(14)22(29)27(12-17-5-3-4-8-24-17)23(25-21)31-13-19(28)26-9-6-18-16(11-26)7-10-30-18/h3-5,7-8,10H,6,9,11-13H2,1-2H3. The first kappa shape index (κ1) is 21.4. The summed E-state index contributed by atoms with van der Waals surface area (Å²) in [6.45, 7) is 5.71. The highest BCUT2D eigenvalue weighted by Gasteiger charge is 2.23. The van der Waals surface area contributed by atoms with E-state index in [0.29, 0.717) is 23.6 Å². The third-order valence-electron chi connectivity index (χ3n) is 5.79. The van der Waals surface area contributed by atoms with E-state index in [4.69, 9.17) is 4.98 Å². The lowest BCUT2D eigenvalue weighted by atomic mass is 10.1. The van der Waals surface area contributed by atoms with Crippen LogP contribution >= 0.6 is 34.4 Å². The van der Waals surface area contributed by atoms with Crippen LogP contribution in [-0.4, -0.2) is 37.6 Å². The van der Waals surface area contributed by atoms with Crippen molar-refractivity contribution >= 4 is 50.6 Å². The summed E-state index contributed by atoms with van der Waals surface area (Å²) in [5.74, 6) is 0.326. The zero-order valence-electron chi connectivity index (χ0n) is 17.8. The molecule has 0 atom stereocenters. The number of nitrogens with zero attached hydrogens (tertiary/aromatic N) is 4. The summed E-state index contributed by atoms with van der Waals surface area (Å²) in [5.41, 5.74) is 2.94. The fourth-order valence-corrected chi connectivity index (χ4v) is 6.75. The van der Waals surface area contributed by atoms with E-state index in [1.165, 1.54) is 33.5 Å². The van der Waals surface area contributed by atoms with Gasteiger partial charge in [0.05, 0.1) is 23.4 Å². The third kappa shape index (κ3) is 4.00. The second kappa shape index (κ2) is 8.80. The van der Waals surface area contributed by atoms with Gasteiger partial charge in [-0.1, -0.05) is 17.8 Å². The second-order valence-electron chi connectivity index (χ2n) is 7.79. The molecule has 0 bridgehead atoms. The van der Waals surface area contributed by atoms with Crippen LogP contribution in [0.15, 0.2) is 45.8 Å². The Balaban J connectivity index is 1.44. The van der Waals surface area contributed by atoms with Crippen molar-refractivity contribution in [1.82, 2.24) is 19.4 Å². The minimum Gasteiger partial charge on any atom is -0.337 e. The van der Waals surface area contributed by atoms with E-state index in [0.717, 1.165) is 33.9 Å². The van der Waals surface area contributed by atoms with Gasteiger partial charge in [0.15, 0.2) is 5.16 Å². The van der Waals surface area contributed by atoms with Crippen LogP contribution in [0.25, 0.3) is 10.2 Å². The minimum atomic E-state index is -0.0710. The molecule has 1 aliphatic rings. The average molecular weight is 483 g/mol. The van der Waals surface area contributed by atoms with Crippen LogP contribution in [0.5, 0.6) is 0 Å². The van der Waals surface area contributed by atoms with Crippen molar-refractivity contribution in [3.05, 3.63) is 72.8 Å². The van der Waals surface area contributed by atoms with Crippen molar-refractivity contribution in [1.29, 1.82) is 0 Å². The van der Waals surface area contributed by atoms with Crippen LogP contribution < -0.4 is 5.56 Å². The number of amides is 1. The summed E-state index contributed by atoms with van der Waals surface area (Å²) in [5, 5.41) is 3.32. The highest BCUT2D eigenvalue weighted by atomic mass is 32.2. The highest BCUT2D eigenvalue weighted by Crippen LogP contribution is 2.29. The topological polar surface area (TPSA) is 68.1 Å². The predicted octanol–water partition coefficient (Wildman–Crippen LogP) is 4.26. The van der Waals surface area contributed by atoms with E-state index >= 15 is 0 Å². The van der Waals surface area contributed by atoms with Crippen molar-refractivity contribution in [3.8, 4) is 0 Å². The molecule has 32 heavy (non-hydrogen) atoms. The Labute approximate surface area is 197 Å². The summed E-state index contributed by atoms with van der Waals surface area (Å²) in [4.78, 5) is 40.7. The number of carbonyl (C=O) groups excluding carboxylic acids is 1. The minimum absolute atomic E-state index is 0.0710. The Bertz CT molecular complexity index is 1360. The Kier molecular flexibility index (Phi) is 5.88. The van der Waals surface area contributed by atoms with Crippen LogP contribution in [0.4, 0.5) is 0 Å². The Morgan fingerprint density at radius 3 is 2.94 bits per heavy atom. The molecule has 1 aliphatic heterocycles. The molecular formula is C23H22N4O2S3. The quantitative estimate of drug-likeness (QED) is 0.314. The number of hydrogen-bond acceptors (Lipinski definition) is 7. The molecule has 0 saturated heterocycles. The Hall–Kier alpha value is -2.49. The largest absolute Gasteiger partial charge is 0.337 e. The molecule has 5 rings (SSSR count). The number of aryl methyl sites for hydroxylation is 2. The molecule has 5 heterocycles. The van der Waals surface area contributed by atoms with Crippen LogP contribution in [0.3, 0.4) is 0 Å². The summed E-state index contributed by atoms with van der Waals surface area (Å²) < 4.78 is 1.66. The normalized spacial score (nSPS) is 13.5. The zero-order chi connectivity index (χ0) is 22.2. The summed E-state index contributed by atoms with van der Waals surface area (Å²) in [7, 11) is 0. The number of thioether (sulfide) groups is 1. The molecule has 1 amide bonds. The molecule has 4 aromatic heterocycles. The maximum atomic E-state index is 13.4. The molecule has 4 aromatic rings. The Morgan fingerprint density at radius 2 is 2.12 bits per heavy atom. The number of carbonyl (C=O) groups is 1. The molecular weight excluding hydrogens is 460 g/mol. The molecule has 0 unspecified atom stereocenters. The molecule has 0 aliphatic carbocycles. The Morgan fingerprint density at radius 1 is 1.25 bits per heavy atom. The van der Waals surface area contributed by atoms with E-state index in [1.807, 2.05) is 36.9 Å². The highest BCUT2D eigenvalue weighted by molar-refractivity contribution is 7.99. The van der Waals surface area contributed by atoms with Crippen molar-refractivity contribution in [2.24, 2.45) is 0 Å². The van der Waals surface area contributed by atoms with Gasteiger partial charge in [-0.3, -0.25) is 19.1 Å². The number of hydrogen-bond donors (Lipinski definition) is 0. The van der Waals surface area contributed by atoms with Gasteiger partial charge in [-0.05, 0) is 55.0 Å². The van der Waals surface area contributed by atoms with Crippen LogP contribution in [-0.2, 0) is 24.3 Å². The lowest BCUT2D eigenvalue weighted by molar-refractivity contribution is -0.129. The van der Waals surface area contributed by atoms with Gasteiger partial charge < -0.3 is 4.90 Å². The molecule has 0 N–H and O–H groups in total. The van der Waals surface area contributed by atoms with E-state index < -0.39 is 0 Å². The zero-order valence-corrected chi connectivity index (χ0v) is 20.3. The van der Waals surface area contributed by atoms with E-state index in [1.54, 1.807) is 22.1 Å². The SMILES string of the molecule is Cc1sc2nc(SCC(=O)N3CCc4sccc4C3)n(Cc3ccccn3)c(=O)c2c1C. The van der Waals surface area contributed by atoms with Crippen LogP contribution in [0.2, 0.25) is 0 Å². The smallest absolute Gasteiger partial charge is 0.263 e. The number of fused-ring (bicyclic) bond motifs is 2.